The summed E-state index contributed by atoms with van der Waals surface area (Å²) >= 11 is 7.76. The molecule has 1 unspecified atom stereocenters. The van der Waals surface area contributed by atoms with Gasteiger partial charge in [0.2, 0.25) is 0 Å². The Morgan fingerprint density at radius 1 is 1.31 bits per heavy atom. The van der Waals surface area contributed by atoms with Gasteiger partial charge in [0.05, 0.1) is 0 Å². The van der Waals surface area contributed by atoms with Crippen LogP contribution in [0.25, 0.3) is 0 Å². The fourth-order valence-electron chi connectivity index (χ4n) is 1.25. The molecular formula is C13H20ClNS. The van der Waals surface area contributed by atoms with E-state index in [4.69, 9.17) is 11.6 Å². The summed E-state index contributed by atoms with van der Waals surface area (Å²) in [6.45, 7) is 7.74. The van der Waals surface area contributed by atoms with Gasteiger partial charge < -0.3 is 5.32 Å². The summed E-state index contributed by atoms with van der Waals surface area (Å²) in [6, 6.07) is 8.60. The molecule has 0 saturated carbocycles. The smallest absolute Gasteiger partial charge is 0.0417 e. The Morgan fingerprint density at radius 2 is 2.06 bits per heavy atom. The molecule has 1 aromatic carbocycles. The van der Waals surface area contributed by atoms with Crippen molar-refractivity contribution in [2.75, 3.05) is 12.3 Å². The van der Waals surface area contributed by atoms with Gasteiger partial charge in [-0.3, -0.25) is 0 Å². The number of thioether (sulfide) groups is 1. The van der Waals surface area contributed by atoms with Crippen molar-refractivity contribution < 1.29 is 0 Å². The zero-order chi connectivity index (χ0) is 12.0. The minimum atomic E-state index is 0.583. The third-order valence-corrected chi connectivity index (χ3v) is 3.86. The topological polar surface area (TPSA) is 12.0 Å². The van der Waals surface area contributed by atoms with E-state index in [-0.39, 0.29) is 0 Å². The molecule has 1 atom stereocenters. The molecule has 0 aliphatic heterocycles. The number of nitrogens with one attached hydrogen (secondary N) is 1. The summed E-state index contributed by atoms with van der Waals surface area (Å²) < 4.78 is 0. The second kappa shape index (κ2) is 7.21. The Kier molecular flexibility index (Phi) is 6.25. The fourth-order valence-corrected chi connectivity index (χ4v) is 2.34. The second-order valence-corrected chi connectivity index (χ2v) is 5.90. The Labute approximate surface area is 108 Å². The Balaban J connectivity index is 2.21. The average Bonchev–Trinajstić information content (AvgIpc) is 2.24. The number of hydrogen-bond acceptors (Lipinski definition) is 2. The van der Waals surface area contributed by atoms with Gasteiger partial charge in [0.25, 0.3) is 0 Å². The van der Waals surface area contributed by atoms with E-state index >= 15 is 0 Å². The van der Waals surface area contributed by atoms with E-state index in [1.54, 1.807) is 0 Å². The Morgan fingerprint density at radius 3 is 2.69 bits per heavy atom. The maximum atomic E-state index is 5.92. The van der Waals surface area contributed by atoms with Gasteiger partial charge in [-0.1, -0.05) is 31.5 Å². The normalized spacial score (nSPS) is 13.1. The van der Waals surface area contributed by atoms with Gasteiger partial charge in [-0.25, -0.2) is 0 Å². The van der Waals surface area contributed by atoms with Crippen LogP contribution in [0.2, 0.25) is 5.02 Å². The SMILES string of the molecule is CC(C)C(C)NCCSc1cccc(Cl)c1. The molecule has 0 heterocycles. The molecule has 0 bridgehead atoms. The van der Waals surface area contributed by atoms with E-state index in [2.05, 4.69) is 32.2 Å². The molecule has 0 spiro atoms. The van der Waals surface area contributed by atoms with Crippen molar-refractivity contribution in [2.24, 2.45) is 5.92 Å². The summed E-state index contributed by atoms with van der Waals surface area (Å²) in [5.74, 6) is 1.77. The van der Waals surface area contributed by atoms with Gasteiger partial charge in [0.15, 0.2) is 0 Å². The first kappa shape index (κ1) is 13.9. The summed E-state index contributed by atoms with van der Waals surface area (Å²) in [6.07, 6.45) is 0. The second-order valence-electron chi connectivity index (χ2n) is 4.29. The van der Waals surface area contributed by atoms with Crippen molar-refractivity contribution in [3.05, 3.63) is 29.3 Å². The third kappa shape index (κ3) is 5.24. The molecule has 1 rings (SSSR count). The molecule has 1 N–H and O–H groups in total. The predicted octanol–water partition coefficient (Wildman–Crippen LogP) is 4.07. The van der Waals surface area contributed by atoms with Crippen LogP contribution in [-0.2, 0) is 0 Å². The van der Waals surface area contributed by atoms with Gasteiger partial charge in [0, 0.05) is 28.3 Å². The molecule has 0 aliphatic rings. The van der Waals surface area contributed by atoms with Crippen LogP contribution in [0.1, 0.15) is 20.8 Å². The zero-order valence-electron chi connectivity index (χ0n) is 10.2. The number of rotatable bonds is 6. The molecule has 90 valence electrons. The first-order chi connectivity index (χ1) is 7.59. The van der Waals surface area contributed by atoms with Crippen LogP contribution in [0.4, 0.5) is 0 Å². The predicted molar refractivity (Wildman–Crippen MR) is 74.5 cm³/mol. The van der Waals surface area contributed by atoms with Crippen LogP contribution in [0.3, 0.4) is 0 Å². The van der Waals surface area contributed by atoms with Crippen LogP contribution in [0.15, 0.2) is 29.2 Å². The van der Waals surface area contributed by atoms with E-state index in [0.717, 1.165) is 17.3 Å². The minimum absolute atomic E-state index is 0.583. The lowest BCUT2D eigenvalue weighted by atomic mass is 10.1. The quantitative estimate of drug-likeness (QED) is 0.609. The summed E-state index contributed by atoms with van der Waals surface area (Å²) in [4.78, 5) is 1.24. The largest absolute Gasteiger partial charge is 0.313 e. The van der Waals surface area contributed by atoms with Crippen molar-refractivity contribution >= 4 is 23.4 Å². The van der Waals surface area contributed by atoms with Crippen molar-refractivity contribution in [1.29, 1.82) is 0 Å². The van der Waals surface area contributed by atoms with E-state index in [0.29, 0.717) is 12.0 Å². The van der Waals surface area contributed by atoms with Crippen molar-refractivity contribution in [3.8, 4) is 0 Å². The Hall–Kier alpha value is -0.180. The third-order valence-electron chi connectivity index (χ3n) is 2.63. The number of hydrogen-bond donors (Lipinski definition) is 1. The van der Waals surface area contributed by atoms with E-state index in [9.17, 15) is 0 Å². The van der Waals surface area contributed by atoms with Gasteiger partial charge in [0.1, 0.15) is 0 Å². The lowest BCUT2D eigenvalue weighted by Crippen LogP contribution is -2.32. The number of halogens is 1. The summed E-state index contributed by atoms with van der Waals surface area (Å²) in [7, 11) is 0. The van der Waals surface area contributed by atoms with Crippen LogP contribution in [0.5, 0.6) is 0 Å². The molecule has 1 aromatic rings. The highest BCUT2D eigenvalue weighted by Crippen LogP contribution is 2.20. The van der Waals surface area contributed by atoms with Gasteiger partial charge in [-0.15, -0.1) is 11.8 Å². The van der Waals surface area contributed by atoms with Gasteiger partial charge in [-0.2, -0.15) is 0 Å². The number of benzene rings is 1. The molecular weight excluding hydrogens is 238 g/mol. The molecule has 0 aliphatic carbocycles. The minimum Gasteiger partial charge on any atom is -0.313 e. The van der Waals surface area contributed by atoms with Crippen LogP contribution in [0, 0.1) is 5.92 Å². The average molecular weight is 258 g/mol. The molecule has 3 heteroatoms. The van der Waals surface area contributed by atoms with Crippen molar-refractivity contribution in [3.63, 3.8) is 0 Å². The molecule has 0 amide bonds. The maximum absolute atomic E-state index is 5.92. The van der Waals surface area contributed by atoms with Crippen LogP contribution < -0.4 is 5.32 Å². The van der Waals surface area contributed by atoms with E-state index in [1.165, 1.54) is 4.90 Å². The van der Waals surface area contributed by atoms with Crippen molar-refractivity contribution in [1.82, 2.24) is 5.32 Å². The molecule has 1 nitrogen and oxygen atoms in total. The van der Waals surface area contributed by atoms with Crippen LogP contribution >= 0.6 is 23.4 Å². The molecule has 16 heavy (non-hydrogen) atoms. The summed E-state index contributed by atoms with van der Waals surface area (Å²) in [5, 5.41) is 4.33. The van der Waals surface area contributed by atoms with Gasteiger partial charge >= 0.3 is 0 Å². The van der Waals surface area contributed by atoms with Crippen molar-refractivity contribution in [2.45, 2.75) is 31.7 Å². The summed E-state index contributed by atoms with van der Waals surface area (Å²) in [5.41, 5.74) is 0. The molecule has 0 aromatic heterocycles. The zero-order valence-corrected chi connectivity index (χ0v) is 11.7. The van der Waals surface area contributed by atoms with Gasteiger partial charge in [-0.05, 0) is 31.0 Å². The highest BCUT2D eigenvalue weighted by atomic mass is 35.5. The van der Waals surface area contributed by atoms with E-state index in [1.807, 2.05) is 30.0 Å². The molecule has 0 saturated heterocycles. The van der Waals surface area contributed by atoms with Crippen LogP contribution in [-0.4, -0.2) is 18.3 Å². The lowest BCUT2D eigenvalue weighted by Gasteiger charge is -2.17. The first-order valence-electron chi connectivity index (χ1n) is 5.71. The lowest BCUT2D eigenvalue weighted by molar-refractivity contribution is 0.438. The first-order valence-corrected chi connectivity index (χ1v) is 7.07. The van der Waals surface area contributed by atoms with E-state index < -0.39 is 0 Å². The Bertz CT molecular complexity index is 315. The maximum Gasteiger partial charge on any atom is 0.0417 e. The standard InChI is InChI=1S/C13H20ClNS/c1-10(2)11(3)15-7-8-16-13-6-4-5-12(14)9-13/h4-6,9-11,15H,7-8H2,1-3H3. The molecule has 0 radical (unpaired) electrons. The fraction of sp³-hybridized carbons (Fsp3) is 0.538. The molecule has 0 fully saturated rings. The highest BCUT2D eigenvalue weighted by molar-refractivity contribution is 7.99. The highest BCUT2D eigenvalue weighted by Gasteiger charge is 2.04. The monoisotopic (exact) mass is 257 g/mol.